The first-order chi connectivity index (χ1) is 8.58. The van der Waals surface area contributed by atoms with E-state index in [0.717, 1.165) is 30.6 Å². The van der Waals surface area contributed by atoms with Gasteiger partial charge in [-0.2, -0.15) is 0 Å². The van der Waals surface area contributed by atoms with Crippen molar-refractivity contribution in [2.75, 3.05) is 18.0 Å². The predicted molar refractivity (Wildman–Crippen MR) is 76.7 cm³/mol. The summed E-state index contributed by atoms with van der Waals surface area (Å²) in [5.41, 5.74) is 2.17. The summed E-state index contributed by atoms with van der Waals surface area (Å²) in [6.07, 6.45) is 4.48. The van der Waals surface area contributed by atoms with Crippen LogP contribution in [0.15, 0.2) is 18.2 Å². The number of nitrogens with zero attached hydrogens (tertiary/aromatic N) is 1. The number of aldehydes is 1. The fourth-order valence-corrected chi connectivity index (χ4v) is 2.70. The lowest BCUT2D eigenvalue weighted by Crippen LogP contribution is -2.38. The largest absolute Gasteiger partial charge is 0.371 e. The van der Waals surface area contributed by atoms with E-state index in [1.165, 1.54) is 19.3 Å². The van der Waals surface area contributed by atoms with Crippen LogP contribution in [0.4, 0.5) is 5.69 Å². The Morgan fingerprint density at radius 3 is 2.61 bits per heavy atom. The van der Waals surface area contributed by atoms with Gasteiger partial charge in [0.1, 0.15) is 0 Å². The second-order valence-electron chi connectivity index (χ2n) is 5.47. The third kappa shape index (κ3) is 2.69. The second kappa shape index (κ2) is 5.31. The van der Waals surface area contributed by atoms with Crippen LogP contribution in [-0.4, -0.2) is 19.4 Å². The molecule has 0 N–H and O–H groups in total. The smallest absolute Gasteiger partial charge is 0.152 e. The van der Waals surface area contributed by atoms with Crippen molar-refractivity contribution in [1.29, 1.82) is 0 Å². The molecule has 0 amide bonds. The number of hydrogen-bond acceptors (Lipinski definition) is 2. The van der Waals surface area contributed by atoms with Gasteiger partial charge in [-0.15, -0.1) is 0 Å². The van der Waals surface area contributed by atoms with Crippen LogP contribution in [0.25, 0.3) is 0 Å². The minimum atomic E-state index is 0.455. The zero-order valence-electron chi connectivity index (χ0n) is 11.1. The van der Waals surface area contributed by atoms with Gasteiger partial charge in [0.25, 0.3) is 0 Å². The number of hydrogen-bond donors (Lipinski definition) is 0. The minimum absolute atomic E-state index is 0.455. The zero-order chi connectivity index (χ0) is 13.2. The lowest BCUT2D eigenvalue weighted by molar-refractivity contribution is 0.112. The van der Waals surface area contributed by atoms with Crippen LogP contribution in [0.2, 0.25) is 5.02 Å². The topological polar surface area (TPSA) is 20.3 Å². The van der Waals surface area contributed by atoms with Crippen LogP contribution in [0.3, 0.4) is 0 Å². The quantitative estimate of drug-likeness (QED) is 0.765. The van der Waals surface area contributed by atoms with Crippen LogP contribution in [0, 0.1) is 5.41 Å². The molecule has 1 fully saturated rings. The van der Waals surface area contributed by atoms with Crippen molar-refractivity contribution < 1.29 is 4.79 Å². The van der Waals surface area contributed by atoms with Crippen molar-refractivity contribution in [3.8, 4) is 0 Å². The average molecular weight is 266 g/mol. The molecule has 1 saturated heterocycles. The van der Waals surface area contributed by atoms with Gasteiger partial charge < -0.3 is 4.90 Å². The molecule has 2 rings (SSSR count). The number of rotatable bonds is 3. The monoisotopic (exact) mass is 265 g/mol. The summed E-state index contributed by atoms with van der Waals surface area (Å²) in [5, 5.41) is 0.694. The Balaban J connectivity index is 2.19. The summed E-state index contributed by atoms with van der Waals surface area (Å²) in [6, 6.07) is 5.48. The Labute approximate surface area is 114 Å². The van der Waals surface area contributed by atoms with Crippen LogP contribution in [0.5, 0.6) is 0 Å². The Morgan fingerprint density at radius 2 is 2.06 bits per heavy atom. The van der Waals surface area contributed by atoms with Gasteiger partial charge in [0.2, 0.25) is 0 Å². The van der Waals surface area contributed by atoms with Gasteiger partial charge in [0, 0.05) is 29.4 Å². The fourth-order valence-electron chi connectivity index (χ4n) is 2.53. The first-order valence-corrected chi connectivity index (χ1v) is 6.95. The molecule has 0 bridgehead atoms. The van der Waals surface area contributed by atoms with Crippen molar-refractivity contribution >= 4 is 23.6 Å². The van der Waals surface area contributed by atoms with Crippen molar-refractivity contribution in [2.45, 2.75) is 33.1 Å². The van der Waals surface area contributed by atoms with E-state index in [4.69, 9.17) is 11.6 Å². The summed E-state index contributed by atoms with van der Waals surface area (Å²) in [7, 11) is 0. The lowest BCUT2D eigenvalue weighted by atomic mass is 9.78. The van der Waals surface area contributed by atoms with E-state index >= 15 is 0 Å². The number of halogens is 1. The molecule has 1 aromatic rings. The van der Waals surface area contributed by atoms with Gasteiger partial charge in [-0.3, -0.25) is 4.79 Å². The van der Waals surface area contributed by atoms with E-state index in [0.29, 0.717) is 10.4 Å². The first kappa shape index (κ1) is 13.4. The third-order valence-corrected chi connectivity index (χ3v) is 4.52. The number of carbonyl (C=O) groups is 1. The van der Waals surface area contributed by atoms with Crippen molar-refractivity contribution in [3.63, 3.8) is 0 Å². The van der Waals surface area contributed by atoms with Crippen molar-refractivity contribution in [3.05, 3.63) is 28.8 Å². The van der Waals surface area contributed by atoms with E-state index < -0.39 is 0 Å². The lowest BCUT2D eigenvalue weighted by Gasteiger charge is -2.40. The highest BCUT2D eigenvalue weighted by atomic mass is 35.5. The maximum atomic E-state index is 11.1. The molecular formula is C15H20ClNO. The van der Waals surface area contributed by atoms with E-state index in [2.05, 4.69) is 18.7 Å². The molecule has 0 saturated carbocycles. The van der Waals surface area contributed by atoms with E-state index in [1.807, 2.05) is 6.07 Å². The molecule has 0 aliphatic carbocycles. The van der Waals surface area contributed by atoms with Gasteiger partial charge in [0.05, 0.1) is 0 Å². The molecule has 1 aliphatic heterocycles. The van der Waals surface area contributed by atoms with Gasteiger partial charge in [-0.05, 0) is 36.5 Å². The van der Waals surface area contributed by atoms with Crippen molar-refractivity contribution in [1.82, 2.24) is 0 Å². The summed E-state index contributed by atoms with van der Waals surface area (Å²) in [4.78, 5) is 13.4. The molecular weight excluding hydrogens is 246 g/mol. The number of anilines is 1. The molecule has 1 heterocycles. The summed E-state index contributed by atoms with van der Waals surface area (Å²) in [5.74, 6) is 0. The molecule has 98 valence electrons. The SMILES string of the molecule is CCC1(C)CCN(c2cc(Cl)ccc2C=O)CC1. The molecule has 0 radical (unpaired) electrons. The maximum Gasteiger partial charge on any atom is 0.152 e. The number of piperidine rings is 1. The second-order valence-corrected chi connectivity index (χ2v) is 5.91. The summed E-state index contributed by atoms with van der Waals surface area (Å²) in [6.45, 7) is 6.62. The van der Waals surface area contributed by atoms with Crippen LogP contribution in [-0.2, 0) is 0 Å². The molecule has 0 unspecified atom stereocenters. The molecule has 0 spiro atoms. The molecule has 18 heavy (non-hydrogen) atoms. The average Bonchev–Trinajstić information content (AvgIpc) is 2.39. The highest BCUT2D eigenvalue weighted by molar-refractivity contribution is 6.31. The molecule has 0 aromatic heterocycles. The van der Waals surface area contributed by atoms with Crippen molar-refractivity contribution in [2.24, 2.45) is 5.41 Å². The van der Waals surface area contributed by atoms with Gasteiger partial charge in [-0.25, -0.2) is 0 Å². The predicted octanol–water partition coefficient (Wildman–Crippen LogP) is 4.17. The van der Waals surface area contributed by atoms with E-state index in [9.17, 15) is 4.79 Å². The molecule has 2 nitrogen and oxygen atoms in total. The molecule has 3 heteroatoms. The highest BCUT2D eigenvalue weighted by Gasteiger charge is 2.29. The summed E-state index contributed by atoms with van der Waals surface area (Å²) >= 11 is 6.03. The van der Waals surface area contributed by atoms with E-state index in [1.54, 1.807) is 12.1 Å². The van der Waals surface area contributed by atoms with Gasteiger partial charge in [-0.1, -0.05) is 31.9 Å². The summed E-state index contributed by atoms with van der Waals surface area (Å²) < 4.78 is 0. The van der Waals surface area contributed by atoms with E-state index in [-0.39, 0.29) is 0 Å². The van der Waals surface area contributed by atoms with Gasteiger partial charge in [0.15, 0.2) is 6.29 Å². The fraction of sp³-hybridized carbons (Fsp3) is 0.533. The van der Waals surface area contributed by atoms with Crippen LogP contribution in [0.1, 0.15) is 43.5 Å². The minimum Gasteiger partial charge on any atom is -0.371 e. The maximum absolute atomic E-state index is 11.1. The Kier molecular flexibility index (Phi) is 3.96. The highest BCUT2D eigenvalue weighted by Crippen LogP contribution is 2.36. The Bertz CT molecular complexity index is 436. The first-order valence-electron chi connectivity index (χ1n) is 6.58. The zero-order valence-corrected chi connectivity index (χ0v) is 11.8. The van der Waals surface area contributed by atoms with Gasteiger partial charge >= 0.3 is 0 Å². The number of benzene rings is 1. The molecule has 0 atom stereocenters. The van der Waals surface area contributed by atoms with Crippen LogP contribution < -0.4 is 4.90 Å². The normalized spacial score (nSPS) is 18.7. The van der Waals surface area contributed by atoms with Crippen LogP contribution >= 0.6 is 11.6 Å². The Morgan fingerprint density at radius 1 is 1.39 bits per heavy atom. The molecule has 1 aliphatic rings. The molecule has 1 aromatic carbocycles. The third-order valence-electron chi connectivity index (χ3n) is 4.28. The number of carbonyl (C=O) groups excluding carboxylic acids is 1. The Hall–Kier alpha value is -1.02. The standard InChI is InChI=1S/C15H20ClNO/c1-3-15(2)6-8-17(9-7-15)14-10-13(16)5-4-12(14)11-18/h4-5,10-11H,3,6-9H2,1-2H3.